The van der Waals surface area contributed by atoms with Gasteiger partial charge < -0.3 is 5.73 Å². The molecule has 1 rings (SSSR count). The molecule has 0 spiro atoms. The molecule has 2 N–H and O–H groups in total. The predicted molar refractivity (Wildman–Crippen MR) is 44.5 cm³/mol. The van der Waals surface area contributed by atoms with Crippen molar-refractivity contribution >= 4 is 15.9 Å². The third-order valence-corrected chi connectivity index (χ3v) is 1.88. The van der Waals surface area contributed by atoms with E-state index in [-0.39, 0.29) is 0 Å². The maximum absolute atomic E-state index is 8.58. The van der Waals surface area contributed by atoms with Crippen LogP contribution in [0.15, 0.2) is 16.9 Å². The Morgan fingerprint density at radius 1 is 1.73 bits per heavy atom. The molecule has 0 aromatic carbocycles. The van der Waals surface area contributed by atoms with Crippen LogP contribution in [0.5, 0.6) is 0 Å². The molecule has 1 heterocycles. The molecule has 0 aliphatic carbocycles. The van der Waals surface area contributed by atoms with E-state index in [2.05, 4.69) is 20.9 Å². The van der Waals surface area contributed by atoms with Gasteiger partial charge in [-0.05, 0) is 27.6 Å². The summed E-state index contributed by atoms with van der Waals surface area (Å²) in [5.74, 6) is 0. The first-order chi connectivity index (χ1) is 5.27. The molecule has 0 fully saturated rings. The van der Waals surface area contributed by atoms with E-state index >= 15 is 0 Å². The van der Waals surface area contributed by atoms with Gasteiger partial charge in [0.15, 0.2) is 0 Å². The topological polar surface area (TPSA) is 62.7 Å². The number of nitrogens with two attached hydrogens (primary N) is 1. The lowest BCUT2D eigenvalue weighted by Gasteiger charge is -1.96. The normalized spacial score (nSPS) is 9.18. The van der Waals surface area contributed by atoms with Crippen LogP contribution in [0.25, 0.3) is 0 Å². The first kappa shape index (κ1) is 8.18. The van der Waals surface area contributed by atoms with Gasteiger partial charge in [-0.25, -0.2) is 4.98 Å². The van der Waals surface area contributed by atoms with Crippen LogP contribution >= 0.6 is 15.9 Å². The Bertz CT molecular complexity index is 303. The van der Waals surface area contributed by atoms with Crippen LogP contribution < -0.4 is 5.73 Å². The summed E-state index contributed by atoms with van der Waals surface area (Å²) in [6, 6.07) is 3.72. The third-order valence-electron chi connectivity index (χ3n) is 1.25. The average Bonchev–Trinajstić information content (AvgIpc) is 2.05. The fourth-order valence-electron chi connectivity index (χ4n) is 0.681. The lowest BCUT2D eigenvalue weighted by molar-refractivity contribution is 1.04. The van der Waals surface area contributed by atoms with E-state index in [0.717, 1.165) is 5.56 Å². The summed E-state index contributed by atoms with van der Waals surface area (Å²) < 4.78 is 0.567. The van der Waals surface area contributed by atoms with Crippen LogP contribution in [0.2, 0.25) is 0 Å². The number of rotatable bonds is 1. The Hall–Kier alpha value is -0.920. The summed E-state index contributed by atoms with van der Waals surface area (Å²) in [6.45, 7) is 0.412. The quantitative estimate of drug-likeness (QED) is 0.710. The molecule has 0 aliphatic heterocycles. The van der Waals surface area contributed by atoms with Crippen LogP contribution in [-0.2, 0) is 6.54 Å². The van der Waals surface area contributed by atoms with E-state index in [4.69, 9.17) is 11.0 Å². The molecule has 0 radical (unpaired) electrons. The summed E-state index contributed by atoms with van der Waals surface area (Å²) >= 11 is 3.15. The van der Waals surface area contributed by atoms with Gasteiger partial charge in [0.05, 0.1) is 5.56 Å². The fourth-order valence-corrected chi connectivity index (χ4v) is 0.987. The second-order valence-electron chi connectivity index (χ2n) is 2.00. The average molecular weight is 212 g/mol. The lowest BCUT2D eigenvalue weighted by atomic mass is 10.2. The second kappa shape index (κ2) is 3.46. The summed E-state index contributed by atoms with van der Waals surface area (Å²) in [4.78, 5) is 3.93. The Morgan fingerprint density at radius 2 is 2.45 bits per heavy atom. The van der Waals surface area contributed by atoms with Crippen LogP contribution in [0, 0.1) is 11.3 Å². The van der Waals surface area contributed by atoms with Crippen molar-refractivity contribution in [3.05, 3.63) is 28.0 Å². The van der Waals surface area contributed by atoms with Gasteiger partial charge in [0, 0.05) is 12.7 Å². The lowest BCUT2D eigenvalue weighted by Crippen LogP contribution is -1.97. The van der Waals surface area contributed by atoms with E-state index in [1.165, 1.54) is 0 Å². The number of nitrogens with zero attached hydrogens (tertiary/aromatic N) is 2. The molecule has 1 aromatic heterocycles. The molecular weight excluding hydrogens is 206 g/mol. The van der Waals surface area contributed by atoms with Gasteiger partial charge in [-0.1, -0.05) is 0 Å². The zero-order valence-electron chi connectivity index (χ0n) is 5.71. The Morgan fingerprint density at radius 3 is 3.00 bits per heavy atom. The molecule has 0 saturated heterocycles. The molecular formula is C7H6BrN3. The highest BCUT2D eigenvalue weighted by Gasteiger charge is 1.99. The highest BCUT2D eigenvalue weighted by atomic mass is 79.9. The van der Waals surface area contributed by atoms with Gasteiger partial charge in [0.2, 0.25) is 0 Å². The largest absolute Gasteiger partial charge is 0.326 e. The molecule has 0 bridgehead atoms. The summed E-state index contributed by atoms with van der Waals surface area (Å²) in [7, 11) is 0. The Kier molecular flexibility index (Phi) is 2.58. The summed E-state index contributed by atoms with van der Waals surface area (Å²) in [5, 5.41) is 8.58. The maximum atomic E-state index is 8.58. The first-order valence-corrected chi connectivity index (χ1v) is 3.82. The van der Waals surface area contributed by atoms with Crippen molar-refractivity contribution in [1.29, 1.82) is 5.26 Å². The summed E-state index contributed by atoms with van der Waals surface area (Å²) in [6.07, 6.45) is 1.64. The molecule has 4 heteroatoms. The van der Waals surface area contributed by atoms with Gasteiger partial charge in [0.25, 0.3) is 0 Å². The molecule has 0 aliphatic rings. The molecule has 1 aromatic rings. The van der Waals surface area contributed by atoms with Crippen molar-refractivity contribution in [2.24, 2.45) is 5.73 Å². The van der Waals surface area contributed by atoms with Crippen molar-refractivity contribution in [2.75, 3.05) is 0 Å². The second-order valence-corrected chi connectivity index (χ2v) is 2.75. The predicted octanol–water partition coefficient (Wildman–Crippen LogP) is 1.17. The van der Waals surface area contributed by atoms with E-state index in [1.807, 2.05) is 6.07 Å². The molecule has 56 valence electrons. The number of pyridine rings is 1. The number of hydrogen-bond acceptors (Lipinski definition) is 3. The number of aromatic nitrogens is 1. The molecule has 0 amide bonds. The van der Waals surface area contributed by atoms with E-state index in [1.54, 1.807) is 12.3 Å². The van der Waals surface area contributed by atoms with Gasteiger partial charge in [-0.15, -0.1) is 0 Å². The van der Waals surface area contributed by atoms with Gasteiger partial charge in [0.1, 0.15) is 10.7 Å². The number of nitriles is 1. The Labute approximate surface area is 73.0 Å². The zero-order valence-corrected chi connectivity index (χ0v) is 7.30. The standard InChI is InChI=1S/C7H6BrN3/c8-7-6(3-10)1-5(2-9)4-11-7/h1,4H,2,9H2. The van der Waals surface area contributed by atoms with Crippen LogP contribution in [0.3, 0.4) is 0 Å². The molecule has 0 saturated carbocycles. The molecule has 0 unspecified atom stereocenters. The van der Waals surface area contributed by atoms with E-state index in [0.29, 0.717) is 16.7 Å². The Balaban J connectivity index is 3.15. The minimum Gasteiger partial charge on any atom is -0.326 e. The third kappa shape index (κ3) is 1.76. The smallest absolute Gasteiger partial charge is 0.123 e. The van der Waals surface area contributed by atoms with Crippen molar-refractivity contribution < 1.29 is 0 Å². The van der Waals surface area contributed by atoms with Crippen molar-refractivity contribution in [3.8, 4) is 6.07 Å². The maximum Gasteiger partial charge on any atom is 0.123 e. The zero-order chi connectivity index (χ0) is 8.27. The van der Waals surface area contributed by atoms with Crippen molar-refractivity contribution in [3.63, 3.8) is 0 Å². The monoisotopic (exact) mass is 211 g/mol. The van der Waals surface area contributed by atoms with E-state index < -0.39 is 0 Å². The minimum absolute atomic E-state index is 0.412. The van der Waals surface area contributed by atoms with Gasteiger partial charge >= 0.3 is 0 Å². The summed E-state index contributed by atoms with van der Waals surface area (Å²) in [5.41, 5.74) is 6.75. The van der Waals surface area contributed by atoms with Crippen LogP contribution in [0.4, 0.5) is 0 Å². The van der Waals surface area contributed by atoms with Gasteiger partial charge in [-0.2, -0.15) is 5.26 Å². The molecule has 3 nitrogen and oxygen atoms in total. The minimum atomic E-state index is 0.412. The van der Waals surface area contributed by atoms with Gasteiger partial charge in [-0.3, -0.25) is 0 Å². The van der Waals surface area contributed by atoms with Crippen molar-refractivity contribution in [1.82, 2.24) is 4.98 Å². The highest BCUT2D eigenvalue weighted by molar-refractivity contribution is 9.10. The number of hydrogen-bond donors (Lipinski definition) is 1. The number of halogens is 1. The van der Waals surface area contributed by atoms with Crippen LogP contribution in [-0.4, -0.2) is 4.98 Å². The SMILES string of the molecule is N#Cc1cc(CN)cnc1Br. The molecule has 11 heavy (non-hydrogen) atoms. The molecule has 0 atom stereocenters. The van der Waals surface area contributed by atoms with E-state index in [9.17, 15) is 0 Å². The fraction of sp³-hybridized carbons (Fsp3) is 0.143. The highest BCUT2D eigenvalue weighted by Crippen LogP contribution is 2.13. The van der Waals surface area contributed by atoms with Crippen LogP contribution in [0.1, 0.15) is 11.1 Å². The van der Waals surface area contributed by atoms with Crippen molar-refractivity contribution in [2.45, 2.75) is 6.54 Å². The first-order valence-electron chi connectivity index (χ1n) is 3.02.